The van der Waals surface area contributed by atoms with Crippen molar-refractivity contribution in [2.75, 3.05) is 19.8 Å². The minimum absolute atomic E-state index is 0.0377. The topological polar surface area (TPSA) is 78.9 Å². The standard InChI is InChI=1S/C28H36N2O4/c1-3-5-15-28(16-6-4-2)26(32)29-20(18-31)17-30(28)27(33)34-19-25-23-13-9-7-11-21(23)22-12-8-10-14-24(22)25/h7-14,20,25,31H,3-6,15-19H2,1-2H3,(H,29,32). The van der Waals surface area contributed by atoms with Crippen LogP contribution in [0, 0.1) is 0 Å². The SMILES string of the molecule is CCCCC1(CCCC)C(=O)NC(CO)CN1C(=O)OCC1c2ccccc2-c2ccccc21. The fourth-order valence-corrected chi connectivity index (χ4v) is 5.47. The number of nitrogens with zero attached hydrogens (tertiary/aromatic N) is 1. The van der Waals surface area contributed by atoms with Gasteiger partial charge in [-0.25, -0.2) is 4.79 Å². The van der Waals surface area contributed by atoms with Crippen molar-refractivity contribution in [3.05, 3.63) is 59.7 Å². The van der Waals surface area contributed by atoms with E-state index in [0.717, 1.165) is 36.8 Å². The average molecular weight is 465 g/mol. The molecule has 2 N–H and O–H groups in total. The van der Waals surface area contributed by atoms with Crippen molar-refractivity contribution in [2.24, 2.45) is 0 Å². The van der Waals surface area contributed by atoms with Crippen molar-refractivity contribution in [3.8, 4) is 11.1 Å². The van der Waals surface area contributed by atoms with Gasteiger partial charge in [0.2, 0.25) is 5.91 Å². The second kappa shape index (κ2) is 10.6. The van der Waals surface area contributed by atoms with E-state index >= 15 is 0 Å². The zero-order chi connectivity index (χ0) is 24.1. The Morgan fingerprint density at radius 2 is 1.59 bits per heavy atom. The summed E-state index contributed by atoms with van der Waals surface area (Å²) in [5.41, 5.74) is 3.74. The molecule has 2 aromatic rings. The van der Waals surface area contributed by atoms with Gasteiger partial charge in [-0.15, -0.1) is 0 Å². The molecule has 1 aliphatic heterocycles. The first-order valence-electron chi connectivity index (χ1n) is 12.6. The summed E-state index contributed by atoms with van der Waals surface area (Å²) in [7, 11) is 0. The van der Waals surface area contributed by atoms with Gasteiger partial charge < -0.3 is 15.2 Å². The summed E-state index contributed by atoms with van der Waals surface area (Å²) in [6.07, 6.45) is 4.27. The zero-order valence-corrected chi connectivity index (χ0v) is 20.3. The molecule has 0 radical (unpaired) electrons. The van der Waals surface area contributed by atoms with Crippen LogP contribution in [0.4, 0.5) is 4.79 Å². The second-order valence-electron chi connectivity index (χ2n) is 9.51. The molecular weight excluding hydrogens is 428 g/mol. The average Bonchev–Trinajstić information content (AvgIpc) is 3.19. The lowest BCUT2D eigenvalue weighted by Gasteiger charge is -2.48. The molecule has 6 heteroatoms. The van der Waals surface area contributed by atoms with Gasteiger partial charge in [0.1, 0.15) is 12.1 Å². The quantitative estimate of drug-likeness (QED) is 0.556. The first kappa shape index (κ1) is 24.3. The van der Waals surface area contributed by atoms with Crippen LogP contribution in [-0.2, 0) is 9.53 Å². The molecule has 0 bridgehead atoms. The smallest absolute Gasteiger partial charge is 0.410 e. The van der Waals surface area contributed by atoms with Crippen molar-refractivity contribution in [1.29, 1.82) is 0 Å². The minimum Gasteiger partial charge on any atom is -0.448 e. The van der Waals surface area contributed by atoms with Gasteiger partial charge in [0.25, 0.3) is 0 Å². The Labute approximate surface area is 202 Å². The van der Waals surface area contributed by atoms with E-state index in [2.05, 4.69) is 43.4 Å². The Bertz CT molecular complexity index is 967. The van der Waals surface area contributed by atoms with Crippen LogP contribution in [-0.4, -0.2) is 53.3 Å². The first-order valence-corrected chi connectivity index (χ1v) is 12.6. The Balaban J connectivity index is 1.59. The third kappa shape index (κ3) is 4.43. The largest absolute Gasteiger partial charge is 0.448 e. The molecule has 1 heterocycles. The number of amides is 2. The van der Waals surface area contributed by atoms with Crippen LogP contribution in [0.1, 0.15) is 69.4 Å². The number of piperazine rings is 1. The highest BCUT2D eigenvalue weighted by atomic mass is 16.6. The van der Waals surface area contributed by atoms with Crippen LogP contribution in [0.3, 0.4) is 0 Å². The summed E-state index contributed by atoms with van der Waals surface area (Å²) in [6.45, 7) is 4.43. The monoisotopic (exact) mass is 464 g/mol. The fraction of sp³-hybridized carbons (Fsp3) is 0.500. The lowest BCUT2D eigenvalue weighted by atomic mass is 9.82. The van der Waals surface area contributed by atoms with Gasteiger partial charge in [0.15, 0.2) is 0 Å². The number of hydrogen-bond acceptors (Lipinski definition) is 4. The van der Waals surface area contributed by atoms with E-state index in [1.165, 1.54) is 11.1 Å². The van der Waals surface area contributed by atoms with Crippen LogP contribution < -0.4 is 5.32 Å². The normalized spacial score (nSPS) is 18.9. The third-order valence-corrected chi connectivity index (χ3v) is 7.34. The summed E-state index contributed by atoms with van der Waals surface area (Å²) >= 11 is 0. The van der Waals surface area contributed by atoms with Crippen LogP contribution in [0.25, 0.3) is 11.1 Å². The van der Waals surface area contributed by atoms with Crippen molar-refractivity contribution in [1.82, 2.24) is 10.2 Å². The molecule has 182 valence electrons. The fourth-order valence-electron chi connectivity index (χ4n) is 5.47. The maximum absolute atomic E-state index is 13.6. The van der Waals surface area contributed by atoms with Crippen molar-refractivity contribution in [3.63, 3.8) is 0 Å². The molecule has 0 saturated carbocycles. The van der Waals surface area contributed by atoms with Gasteiger partial charge in [0.05, 0.1) is 12.6 Å². The molecule has 0 aromatic heterocycles. The molecule has 34 heavy (non-hydrogen) atoms. The van der Waals surface area contributed by atoms with Crippen molar-refractivity contribution in [2.45, 2.75) is 69.9 Å². The van der Waals surface area contributed by atoms with Crippen LogP contribution in [0.2, 0.25) is 0 Å². The Hall–Kier alpha value is -2.86. The lowest BCUT2D eigenvalue weighted by molar-refractivity contribution is -0.140. The van der Waals surface area contributed by atoms with Crippen LogP contribution in [0.5, 0.6) is 0 Å². The highest BCUT2D eigenvalue weighted by Crippen LogP contribution is 2.44. The molecular formula is C28H36N2O4. The number of hydrogen-bond donors (Lipinski definition) is 2. The van der Waals surface area contributed by atoms with Gasteiger partial charge in [-0.05, 0) is 35.1 Å². The Morgan fingerprint density at radius 1 is 1.03 bits per heavy atom. The molecule has 2 aromatic carbocycles. The van der Waals surface area contributed by atoms with Gasteiger partial charge in [-0.1, -0.05) is 88.1 Å². The highest BCUT2D eigenvalue weighted by molar-refractivity contribution is 5.91. The molecule has 1 saturated heterocycles. The maximum atomic E-state index is 13.6. The number of carbonyl (C=O) groups is 2. The molecule has 1 unspecified atom stereocenters. The first-order chi connectivity index (χ1) is 16.6. The number of ether oxygens (including phenoxy) is 1. The highest BCUT2D eigenvalue weighted by Gasteiger charge is 2.50. The molecule has 4 rings (SSSR count). The number of nitrogens with one attached hydrogen (secondary N) is 1. The molecule has 1 atom stereocenters. The lowest BCUT2D eigenvalue weighted by Crippen LogP contribution is -2.70. The number of carbonyl (C=O) groups excluding carboxylic acids is 2. The van der Waals surface area contributed by atoms with E-state index in [1.807, 2.05) is 24.3 Å². The molecule has 1 aliphatic carbocycles. The molecule has 2 aliphatic rings. The summed E-state index contributed by atoms with van der Waals surface area (Å²) < 4.78 is 5.96. The number of benzene rings is 2. The Morgan fingerprint density at radius 3 is 2.12 bits per heavy atom. The van der Waals surface area contributed by atoms with Gasteiger partial charge in [0, 0.05) is 12.5 Å². The number of rotatable bonds is 9. The zero-order valence-electron chi connectivity index (χ0n) is 20.3. The third-order valence-electron chi connectivity index (χ3n) is 7.34. The van der Waals surface area contributed by atoms with E-state index in [4.69, 9.17) is 4.74 Å². The number of aliphatic hydroxyl groups excluding tert-OH is 1. The van der Waals surface area contributed by atoms with Gasteiger partial charge in [-0.2, -0.15) is 0 Å². The van der Waals surface area contributed by atoms with Crippen molar-refractivity contribution < 1.29 is 19.4 Å². The molecule has 6 nitrogen and oxygen atoms in total. The molecule has 1 fully saturated rings. The van der Waals surface area contributed by atoms with Crippen LogP contribution >= 0.6 is 0 Å². The van der Waals surface area contributed by atoms with E-state index in [0.29, 0.717) is 12.8 Å². The van der Waals surface area contributed by atoms with Crippen LogP contribution in [0.15, 0.2) is 48.5 Å². The van der Waals surface area contributed by atoms with Gasteiger partial charge >= 0.3 is 6.09 Å². The number of aliphatic hydroxyl groups is 1. The van der Waals surface area contributed by atoms with Gasteiger partial charge in [-0.3, -0.25) is 9.69 Å². The van der Waals surface area contributed by atoms with Crippen molar-refractivity contribution >= 4 is 12.0 Å². The molecule has 0 spiro atoms. The molecule has 2 amide bonds. The van der Waals surface area contributed by atoms with E-state index in [1.54, 1.807) is 4.90 Å². The van der Waals surface area contributed by atoms with E-state index < -0.39 is 17.7 Å². The maximum Gasteiger partial charge on any atom is 0.410 e. The predicted molar refractivity (Wildman–Crippen MR) is 133 cm³/mol. The van der Waals surface area contributed by atoms with E-state index in [9.17, 15) is 14.7 Å². The summed E-state index contributed by atoms with van der Waals surface area (Å²) in [5, 5.41) is 12.7. The summed E-state index contributed by atoms with van der Waals surface area (Å²) in [4.78, 5) is 28.5. The second-order valence-corrected chi connectivity index (χ2v) is 9.51. The van der Waals surface area contributed by atoms with E-state index in [-0.39, 0.29) is 31.6 Å². The summed E-state index contributed by atoms with van der Waals surface area (Å²) in [6, 6.07) is 16.0. The minimum atomic E-state index is -0.930. The number of fused-ring (bicyclic) bond motifs is 3. The summed E-state index contributed by atoms with van der Waals surface area (Å²) in [5.74, 6) is -0.211. The predicted octanol–water partition coefficient (Wildman–Crippen LogP) is 4.85. The Kier molecular flexibility index (Phi) is 7.57. The number of unbranched alkanes of at least 4 members (excludes halogenated alkanes) is 2.